The highest BCUT2D eigenvalue weighted by molar-refractivity contribution is 7.99. The van der Waals surface area contributed by atoms with E-state index in [1.807, 2.05) is 20.1 Å². The average molecular weight is 328 g/mol. The second-order valence-corrected chi connectivity index (χ2v) is 6.43. The second kappa shape index (κ2) is 6.73. The topological polar surface area (TPSA) is 62.5 Å². The highest BCUT2D eigenvalue weighted by Crippen LogP contribution is 2.28. The summed E-state index contributed by atoms with van der Waals surface area (Å²) in [6.07, 6.45) is 1.90. The number of rotatable bonds is 5. The maximum atomic E-state index is 12.3. The average Bonchev–Trinajstić information content (AvgIpc) is 2.77. The fraction of sp³-hybridized carbons (Fsp3) is 0.400. The predicted molar refractivity (Wildman–Crippen MR) is 87.3 cm³/mol. The molecule has 0 spiro atoms. The number of carbonyl (C=O) groups is 1. The number of aliphatic hydroxyl groups excluding tert-OH is 1. The molecule has 4 nitrogen and oxygen atoms in total. The minimum Gasteiger partial charge on any atom is -0.451 e. The largest absolute Gasteiger partial charge is 0.451 e. The van der Waals surface area contributed by atoms with Gasteiger partial charge in [-0.2, -0.15) is 11.8 Å². The lowest BCUT2D eigenvalue weighted by Crippen LogP contribution is -2.41. The molecule has 2 N–H and O–H groups in total. The minimum atomic E-state index is -0.278. The van der Waals surface area contributed by atoms with Crippen LogP contribution in [0.3, 0.4) is 0 Å². The number of hydrogen-bond donors (Lipinski definition) is 2. The molecule has 1 heterocycles. The van der Waals surface area contributed by atoms with E-state index in [9.17, 15) is 9.90 Å². The number of amides is 1. The Morgan fingerprint density at radius 3 is 2.86 bits per heavy atom. The first kappa shape index (κ1) is 16.2. The Bertz CT molecular complexity index is 652. The van der Waals surface area contributed by atoms with Crippen molar-refractivity contribution in [1.82, 2.24) is 5.32 Å². The highest BCUT2D eigenvalue weighted by atomic mass is 35.5. The molecule has 2 rings (SSSR count). The van der Waals surface area contributed by atoms with Gasteiger partial charge in [0.15, 0.2) is 5.76 Å². The Kier molecular flexibility index (Phi) is 5.19. The third-order valence-electron chi connectivity index (χ3n) is 3.50. The van der Waals surface area contributed by atoms with Crippen LogP contribution in [0, 0.1) is 6.92 Å². The first-order valence-corrected chi connectivity index (χ1v) is 8.27. The summed E-state index contributed by atoms with van der Waals surface area (Å²) >= 11 is 7.48. The summed E-state index contributed by atoms with van der Waals surface area (Å²) in [5.41, 5.74) is 1.40. The van der Waals surface area contributed by atoms with Gasteiger partial charge in [0, 0.05) is 27.3 Å². The SMILES string of the molecule is CSC(CO)C(C)NC(=O)c1oc2ccc(Cl)cc2c1C. The standard InChI is InChI=1S/C15H18ClNO3S/c1-8-11-6-10(16)4-5-12(11)20-14(8)15(19)17-9(2)13(7-18)21-3/h4-6,9,13,18H,7H2,1-3H3,(H,17,19). The molecule has 0 radical (unpaired) electrons. The smallest absolute Gasteiger partial charge is 0.287 e. The van der Waals surface area contributed by atoms with E-state index in [2.05, 4.69) is 5.32 Å². The quantitative estimate of drug-likeness (QED) is 0.885. The fourth-order valence-corrected chi connectivity index (χ4v) is 3.01. The van der Waals surface area contributed by atoms with Crippen molar-refractivity contribution >= 4 is 40.2 Å². The molecule has 0 saturated heterocycles. The van der Waals surface area contributed by atoms with Crippen LogP contribution in [0.2, 0.25) is 5.02 Å². The van der Waals surface area contributed by atoms with Crippen LogP contribution < -0.4 is 5.32 Å². The van der Waals surface area contributed by atoms with E-state index in [-0.39, 0.29) is 29.6 Å². The van der Waals surface area contributed by atoms with Gasteiger partial charge in [0.2, 0.25) is 0 Å². The number of nitrogens with one attached hydrogen (secondary N) is 1. The molecule has 0 fully saturated rings. The van der Waals surface area contributed by atoms with Crippen molar-refractivity contribution in [2.75, 3.05) is 12.9 Å². The van der Waals surface area contributed by atoms with E-state index in [4.69, 9.17) is 16.0 Å². The number of thioether (sulfide) groups is 1. The van der Waals surface area contributed by atoms with Crippen molar-refractivity contribution in [3.63, 3.8) is 0 Å². The predicted octanol–water partition coefficient (Wildman–Crippen LogP) is 3.24. The van der Waals surface area contributed by atoms with Gasteiger partial charge >= 0.3 is 0 Å². The number of halogens is 1. The summed E-state index contributed by atoms with van der Waals surface area (Å²) in [6, 6.07) is 5.11. The zero-order valence-electron chi connectivity index (χ0n) is 12.1. The molecule has 1 amide bonds. The second-order valence-electron chi connectivity index (χ2n) is 4.92. The number of carbonyl (C=O) groups excluding carboxylic acids is 1. The van der Waals surface area contributed by atoms with E-state index in [1.54, 1.807) is 18.2 Å². The summed E-state index contributed by atoms with van der Waals surface area (Å²) in [7, 11) is 0. The molecule has 1 aromatic heterocycles. The van der Waals surface area contributed by atoms with Crippen LogP contribution in [-0.4, -0.2) is 35.2 Å². The molecule has 0 aliphatic heterocycles. The molecule has 114 valence electrons. The lowest BCUT2D eigenvalue weighted by molar-refractivity contribution is 0.0909. The zero-order chi connectivity index (χ0) is 15.6. The van der Waals surface area contributed by atoms with Crippen molar-refractivity contribution < 1.29 is 14.3 Å². The van der Waals surface area contributed by atoms with Gasteiger partial charge in [0.05, 0.1) is 6.61 Å². The normalized spacial score (nSPS) is 14.1. The molecule has 6 heteroatoms. The molecule has 21 heavy (non-hydrogen) atoms. The van der Waals surface area contributed by atoms with Gasteiger partial charge in [-0.15, -0.1) is 0 Å². The monoisotopic (exact) mass is 327 g/mol. The lowest BCUT2D eigenvalue weighted by atomic mass is 10.1. The molecule has 0 aliphatic rings. The van der Waals surface area contributed by atoms with Crippen molar-refractivity contribution in [1.29, 1.82) is 0 Å². The van der Waals surface area contributed by atoms with Crippen LogP contribution in [0.5, 0.6) is 0 Å². The molecular formula is C15H18ClNO3S. The maximum absolute atomic E-state index is 12.3. The Labute approximate surface area is 132 Å². The maximum Gasteiger partial charge on any atom is 0.287 e. The van der Waals surface area contributed by atoms with Crippen LogP contribution in [0.1, 0.15) is 23.0 Å². The van der Waals surface area contributed by atoms with Crippen molar-refractivity contribution in [2.24, 2.45) is 0 Å². The third kappa shape index (κ3) is 3.36. The van der Waals surface area contributed by atoms with Crippen molar-refractivity contribution in [3.05, 3.63) is 34.5 Å². The molecule has 0 aliphatic carbocycles. The van der Waals surface area contributed by atoms with Gasteiger partial charge in [0.1, 0.15) is 5.58 Å². The number of furan rings is 1. The summed E-state index contributed by atoms with van der Waals surface area (Å²) in [4.78, 5) is 12.3. The van der Waals surface area contributed by atoms with Crippen LogP contribution in [0.4, 0.5) is 0 Å². The van der Waals surface area contributed by atoms with Gasteiger partial charge in [-0.1, -0.05) is 11.6 Å². The summed E-state index contributed by atoms with van der Waals surface area (Å²) in [5.74, 6) is 0.0109. The Morgan fingerprint density at radius 2 is 2.24 bits per heavy atom. The van der Waals surface area contributed by atoms with E-state index in [0.717, 1.165) is 10.9 Å². The van der Waals surface area contributed by atoms with Gasteiger partial charge < -0.3 is 14.8 Å². The van der Waals surface area contributed by atoms with Gasteiger partial charge in [0.25, 0.3) is 5.91 Å². The van der Waals surface area contributed by atoms with E-state index in [0.29, 0.717) is 10.6 Å². The lowest BCUT2D eigenvalue weighted by Gasteiger charge is -2.20. The van der Waals surface area contributed by atoms with Gasteiger partial charge in [-0.3, -0.25) is 4.79 Å². The Hall–Kier alpha value is -1.17. The van der Waals surface area contributed by atoms with Crippen molar-refractivity contribution in [2.45, 2.75) is 25.1 Å². The number of aryl methyl sites for hydroxylation is 1. The van der Waals surface area contributed by atoms with E-state index >= 15 is 0 Å². The molecule has 0 saturated carbocycles. The molecule has 1 aromatic carbocycles. The molecule has 2 atom stereocenters. The van der Waals surface area contributed by atoms with Crippen LogP contribution >= 0.6 is 23.4 Å². The fourth-order valence-electron chi connectivity index (χ4n) is 2.21. The highest BCUT2D eigenvalue weighted by Gasteiger charge is 2.22. The molecule has 2 unspecified atom stereocenters. The number of hydrogen-bond acceptors (Lipinski definition) is 4. The first-order valence-electron chi connectivity index (χ1n) is 6.61. The molecule has 2 aromatic rings. The zero-order valence-corrected chi connectivity index (χ0v) is 13.7. The van der Waals surface area contributed by atoms with Crippen LogP contribution in [0.25, 0.3) is 11.0 Å². The Balaban J connectivity index is 2.25. The summed E-state index contributed by atoms with van der Waals surface area (Å²) in [5, 5.41) is 13.5. The number of aliphatic hydroxyl groups is 1. The summed E-state index contributed by atoms with van der Waals surface area (Å²) in [6.45, 7) is 3.71. The minimum absolute atomic E-state index is 0.0112. The molecular weight excluding hydrogens is 310 g/mol. The summed E-state index contributed by atoms with van der Waals surface area (Å²) < 4.78 is 5.62. The van der Waals surface area contributed by atoms with Crippen LogP contribution in [-0.2, 0) is 0 Å². The first-order chi connectivity index (χ1) is 9.97. The van der Waals surface area contributed by atoms with Crippen LogP contribution in [0.15, 0.2) is 22.6 Å². The van der Waals surface area contributed by atoms with E-state index in [1.165, 1.54) is 11.8 Å². The third-order valence-corrected chi connectivity index (χ3v) is 4.90. The Morgan fingerprint density at radius 1 is 1.52 bits per heavy atom. The number of fused-ring (bicyclic) bond motifs is 1. The number of benzene rings is 1. The van der Waals surface area contributed by atoms with Gasteiger partial charge in [-0.25, -0.2) is 0 Å². The van der Waals surface area contributed by atoms with Gasteiger partial charge in [-0.05, 0) is 38.3 Å². The van der Waals surface area contributed by atoms with Crippen molar-refractivity contribution in [3.8, 4) is 0 Å². The van der Waals surface area contributed by atoms with E-state index < -0.39 is 0 Å². The molecule has 0 bridgehead atoms.